The summed E-state index contributed by atoms with van der Waals surface area (Å²) in [4.78, 5) is 0. The van der Waals surface area contributed by atoms with Crippen molar-refractivity contribution in [2.24, 2.45) is 0 Å². The van der Waals surface area contributed by atoms with Crippen LogP contribution in [0.15, 0.2) is 29.4 Å². The molecule has 0 bridgehead atoms. The molecular formula is C10H14ClNO. The summed E-state index contributed by atoms with van der Waals surface area (Å²) in [7, 11) is 0. The Morgan fingerprint density at radius 1 is 1.77 bits per heavy atom. The number of aliphatic hydroxyl groups excluding tert-OH is 1. The molecule has 2 nitrogen and oxygen atoms in total. The zero-order valence-corrected chi connectivity index (χ0v) is 8.62. The van der Waals surface area contributed by atoms with E-state index in [1.807, 2.05) is 29.8 Å². The largest absolute Gasteiger partial charge is 0.387 e. The minimum absolute atomic E-state index is 0.432. The van der Waals surface area contributed by atoms with Gasteiger partial charge in [-0.05, 0) is 31.6 Å². The van der Waals surface area contributed by atoms with Gasteiger partial charge in [-0.2, -0.15) is 0 Å². The van der Waals surface area contributed by atoms with Crippen molar-refractivity contribution in [2.75, 3.05) is 0 Å². The summed E-state index contributed by atoms with van der Waals surface area (Å²) >= 11 is 5.56. The molecule has 0 aliphatic rings. The molecule has 1 atom stereocenters. The third-order valence-electron chi connectivity index (χ3n) is 1.90. The molecule has 0 radical (unpaired) electrons. The number of nitrogens with zero attached hydrogens (tertiary/aromatic N) is 1. The summed E-state index contributed by atoms with van der Waals surface area (Å²) in [6.07, 6.45) is 1.50. The number of aromatic nitrogens is 1. The lowest BCUT2D eigenvalue weighted by Crippen LogP contribution is -2.05. The van der Waals surface area contributed by atoms with Crippen LogP contribution in [0.25, 0.3) is 0 Å². The molecule has 72 valence electrons. The molecule has 13 heavy (non-hydrogen) atoms. The van der Waals surface area contributed by atoms with Crippen LogP contribution in [0.4, 0.5) is 0 Å². The normalized spacial score (nSPS) is 14.6. The highest BCUT2D eigenvalue weighted by Crippen LogP contribution is 2.14. The molecule has 0 aliphatic heterocycles. The Morgan fingerprint density at radius 3 is 3.00 bits per heavy atom. The van der Waals surface area contributed by atoms with Crippen molar-refractivity contribution in [3.63, 3.8) is 0 Å². The van der Waals surface area contributed by atoms with Crippen molar-refractivity contribution >= 4 is 11.6 Å². The Labute approximate surface area is 83.4 Å². The third kappa shape index (κ3) is 2.61. The Hall–Kier alpha value is -0.730. The molecule has 0 saturated carbocycles. The molecule has 0 fully saturated rings. The van der Waals surface area contributed by atoms with Crippen molar-refractivity contribution in [2.45, 2.75) is 26.5 Å². The SMILES string of the molecule is C/C(=C\Cl)Cn1cccc1C(C)O. The van der Waals surface area contributed by atoms with E-state index in [4.69, 9.17) is 11.6 Å². The quantitative estimate of drug-likeness (QED) is 0.796. The number of hydrogen-bond donors (Lipinski definition) is 1. The van der Waals surface area contributed by atoms with Crippen LogP contribution in [0, 0.1) is 0 Å². The lowest BCUT2D eigenvalue weighted by molar-refractivity contribution is 0.189. The first kappa shape index (κ1) is 10.4. The molecule has 0 amide bonds. The summed E-state index contributed by atoms with van der Waals surface area (Å²) < 4.78 is 1.98. The van der Waals surface area contributed by atoms with E-state index in [0.717, 1.165) is 17.8 Å². The number of halogens is 1. The van der Waals surface area contributed by atoms with E-state index in [9.17, 15) is 5.11 Å². The monoisotopic (exact) mass is 199 g/mol. The van der Waals surface area contributed by atoms with Gasteiger partial charge in [-0.25, -0.2) is 0 Å². The van der Waals surface area contributed by atoms with Crippen LogP contribution in [0.3, 0.4) is 0 Å². The molecular weight excluding hydrogens is 186 g/mol. The van der Waals surface area contributed by atoms with Gasteiger partial charge in [0.2, 0.25) is 0 Å². The van der Waals surface area contributed by atoms with Gasteiger partial charge in [0.15, 0.2) is 0 Å². The van der Waals surface area contributed by atoms with Crippen LogP contribution in [-0.4, -0.2) is 9.67 Å². The van der Waals surface area contributed by atoms with Crippen LogP contribution in [0.1, 0.15) is 25.6 Å². The van der Waals surface area contributed by atoms with Crippen LogP contribution in [-0.2, 0) is 6.54 Å². The molecule has 0 spiro atoms. The van der Waals surface area contributed by atoms with E-state index < -0.39 is 6.10 Å². The summed E-state index contributed by atoms with van der Waals surface area (Å²) in [5.41, 5.74) is 3.55. The van der Waals surface area contributed by atoms with Crippen molar-refractivity contribution in [3.05, 3.63) is 35.1 Å². The summed E-state index contributed by atoms with van der Waals surface area (Å²) in [6.45, 7) is 4.45. The predicted octanol–water partition coefficient (Wildman–Crippen LogP) is 2.68. The summed E-state index contributed by atoms with van der Waals surface area (Å²) in [5.74, 6) is 0. The van der Waals surface area contributed by atoms with Gasteiger partial charge in [-0.3, -0.25) is 0 Å². The fraction of sp³-hybridized carbons (Fsp3) is 0.400. The molecule has 1 rings (SSSR count). The number of allylic oxidation sites excluding steroid dienone is 1. The van der Waals surface area contributed by atoms with E-state index in [1.165, 1.54) is 0 Å². The first-order valence-corrected chi connectivity index (χ1v) is 4.67. The highest BCUT2D eigenvalue weighted by Gasteiger charge is 2.05. The zero-order chi connectivity index (χ0) is 9.84. The molecule has 3 heteroatoms. The maximum absolute atomic E-state index is 9.41. The predicted molar refractivity (Wildman–Crippen MR) is 54.7 cm³/mol. The van der Waals surface area contributed by atoms with Crippen molar-refractivity contribution < 1.29 is 5.11 Å². The van der Waals surface area contributed by atoms with Crippen LogP contribution >= 0.6 is 11.6 Å². The molecule has 1 N–H and O–H groups in total. The summed E-state index contributed by atoms with van der Waals surface area (Å²) in [6, 6.07) is 3.83. The van der Waals surface area contributed by atoms with E-state index >= 15 is 0 Å². The first-order valence-electron chi connectivity index (χ1n) is 4.24. The van der Waals surface area contributed by atoms with Gasteiger partial charge in [-0.1, -0.05) is 11.6 Å². The molecule has 1 aromatic rings. The molecule has 1 unspecified atom stereocenters. The fourth-order valence-corrected chi connectivity index (χ4v) is 1.32. The van der Waals surface area contributed by atoms with E-state index in [1.54, 1.807) is 12.5 Å². The number of aliphatic hydroxyl groups is 1. The Balaban J connectivity index is 2.82. The van der Waals surface area contributed by atoms with Crippen molar-refractivity contribution in [1.29, 1.82) is 0 Å². The second-order valence-electron chi connectivity index (χ2n) is 3.19. The molecule has 1 aromatic heterocycles. The van der Waals surface area contributed by atoms with Crippen LogP contribution in [0.5, 0.6) is 0 Å². The smallest absolute Gasteiger partial charge is 0.0911 e. The maximum Gasteiger partial charge on any atom is 0.0911 e. The highest BCUT2D eigenvalue weighted by molar-refractivity contribution is 6.25. The van der Waals surface area contributed by atoms with Crippen LogP contribution < -0.4 is 0 Å². The minimum Gasteiger partial charge on any atom is -0.387 e. The summed E-state index contributed by atoms with van der Waals surface area (Å²) in [5, 5.41) is 9.41. The average molecular weight is 200 g/mol. The lowest BCUT2D eigenvalue weighted by atomic mass is 10.2. The topological polar surface area (TPSA) is 25.2 Å². The van der Waals surface area contributed by atoms with Gasteiger partial charge in [0.1, 0.15) is 0 Å². The Kier molecular flexibility index (Phi) is 3.58. The standard InChI is InChI=1S/C10H14ClNO/c1-8(6-11)7-12-5-3-4-10(12)9(2)13/h3-6,9,13H,7H2,1-2H3/b8-6+. The van der Waals surface area contributed by atoms with Crippen molar-refractivity contribution in [1.82, 2.24) is 4.57 Å². The van der Waals surface area contributed by atoms with E-state index in [0.29, 0.717) is 0 Å². The molecule has 0 aromatic carbocycles. The van der Waals surface area contributed by atoms with Gasteiger partial charge in [0, 0.05) is 24.0 Å². The fourth-order valence-electron chi connectivity index (χ4n) is 1.25. The van der Waals surface area contributed by atoms with Gasteiger partial charge in [-0.15, -0.1) is 0 Å². The van der Waals surface area contributed by atoms with Crippen LogP contribution in [0.2, 0.25) is 0 Å². The minimum atomic E-state index is -0.432. The highest BCUT2D eigenvalue weighted by atomic mass is 35.5. The lowest BCUT2D eigenvalue weighted by Gasteiger charge is -2.10. The molecule has 0 aliphatic carbocycles. The van der Waals surface area contributed by atoms with Crippen molar-refractivity contribution in [3.8, 4) is 0 Å². The van der Waals surface area contributed by atoms with Gasteiger partial charge >= 0.3 is 0 Å². The maximum atomic E-state index is 9.41. The Morgan fingerprint density at radius 2 is 2.46 bits per heavy atom. The first-order chi connectivity index (χ1) is 6.15. The average Bonchev–Trinajstić information content (AvgIpc) is 2.52. The molecule has 0 saturated heterocycles. The molecule has 1 heterocycles. The third-order valence-corrected chi connectivity index (χ3v) is 2.27. The second kappa shape index (κ2) is 4.49. The van der Waals surface area contributed by atoms with Gasteiger partial charge in [0.25, 0.3) is 0 Å². The van der Waals surface area contributed by atoms with Gasteiger partial charge < -0.3 is 9.67 Å². The second-order valence-corrected chi connectivity index (χ2v) is 3.41. The zero-order valence-electron chi connectivity index (χ0n) is 7.87. The Bertz CT molecular complexity index is 302. The number of rotatable bonds is 3. The van der Waals surface area contributed by atoms with E-state index in [-0.39, 0.29) is 0 Å². The van der Waals surface area contributed by atoms with Gasteiger partial charge in [0.05, 0.1) is 6.10 Å². The van der Waals surface area contributed by atoms with E-state index in [2.05, 4.69) is 0 Å². The number of hydrogen-bond acceptors (Lipinski definition) is 1.